The molecule has 2 rings (SSSR count). The lowest BCUT2D eigenvalue weighted by Crippen LogP contribution is -2.41. The van der Waals surface area contributed by atoms with Crippen molar-refractivity contribution in [1.82, 2.24) is 4.90 Å². The summed E-state index contributed by atoms with van der Waals surface area (Å²) in [4.78, 5) is 12.7. The highest BCUT2D eigenvalue weighted by Gasteiger charge is 2.52. The standard InChI is InChI=1S/C17H26BN3O5S/c1-16(2)17(3,4)26-18(25-16)13-8-7-12(10-15(19)22)9-14(13)27(23,24)20-11-21(5)6/h7-9,11H,10H2,1-6H3,(H2,19,22). The molecule has 0 aliphatic carbocycles. The Morgan fingerprint density at radius 1 is 1.22 bits per heavy atom. The van der Waals surface area contributed by atoms with Crippen molar-refractivity contribution >= 4 is 34.9 Å². The lowest BCUT2D eigenvalue weighted by molar-refractivity contribution is -0.117. The van der Waals surface area contributed by atoms with E-state index in [0.29, 0.717) is 11.0 Å². The van der Waals surface area contributed by atoms with Gasteiger partial charge in [0.1, 0.15) is 6.34 Å². The van der Waals surface area contributed by atoms with Crippen LogP contribution in [-0.2, 0) is 30.5 Å². The number of nitrogens with two attached hydrogens (primary N) is 1. The van der Waals surface area contributed by atoms with Gasteiger partial charge in [-0.05, 0) is 39.3 Å². The van der Waals surface area contributed by atoms with Crippen molar-refractivity contribution in [1.29, 1.82) is 0 Å². The summed E-state index contributed by atoms with van der Waals surface area (Å²) in [6, 6.07) is 4.62. The van der Waals surface area contributed by atoms with Crippen LogP contribution in [0.2, 0.25) is 0 Å². The van der Waals surface area contributed by atoms with Crippen LogP contribution < -0.4 is 11.2 Å². The zero-order chi connectivity index (χ0) is 20.6. The minimum atomic E-state index is -4.04. The molecule has 0 unspecified atom stereocenters. The van der Waals surface area contributed by atoms with E-state index >= 15 is 0 Å². The van der Waals surface area contributed by atoms with E-state index in [1.807, 2.05) is 27.7 Å². The fraction of sp³-hybridized carbons (Fsp3) is 0.529. The van der Waals surface area contributed by atoms with E-state index in [0.717, 1.165) is 0 Å². The summed E-state index contributed by atoms with van der Waals surface area (Å²) in [7, 11) is -1.59. The van der Waals surface area contributed by atoms with Gasteiger partial charge in [-0.15, -0.1) is 4.40 Å². The second kappa shape index (κ2) is 7.25. The molecule has 1 fully saturated rings. The quantitative estimate of drug-likeness (QED) is 0.421. The first-order valence-electron chi connectivity index (χ1n) is 8.49. The Balaban J connectivity index is 2.56. The fourth-order valence-corrected chi connectivity index (χ4v) is 3.68. The monoisotopic (exact) mass is 395 g/mol. The molecular weight excluding hydrogens is 369 g/mol. The van der Waals surface area contributed by atoms with Gasteiger partial charge in [-0.2, -0.15) is 8.42 Å². The van der Waals surface area contributed by atoms with Crippen molar-refractivity contribution < 1.29 is 22.5 Å². The third kappa shape index (κ3) is 4.69. The lowest BCUT2D eigenvalue weighted by Gasteiger charge is -2.32. The molecule has 1 aromatic rings. The molecule has 0 saturated carbocycles. The summed E-state index contributed by atoms with van der Waals surface area (Å²) in [6.07, 6.45) is 1.12. The molecule has 148 valence electrons. The van der Waals surface area contributed by atoms with Crippen LogP contribution in [0.1, 0.15) is 33.3 Å². The number of primary amides is 1. The Morgan fingerprint density at radius 3 is 2.26 bits per heavy atom. The fourth-order valence-electron chi connectivity index (χ4n) is 2.49. The maximum absolute atomic E-state index is 12.8. The molecular formula is C17H26BN3O5S. The second-order valence-corrected chi connectivity index (χ2v) is 9.36. The molecule has 0 spiro atoms. The number of sulfonamides is 1. The van der Waals surface area contributed by atoms with Crippen LogP contribution in [0.5, 0.6) is 0 Å². The Morgan fingerprint density at radius 2 is 1.78 bits per heavy atom. The Bertz CT molecular complexity index is 849. The van der Waals surface area contributed by atoms with Crippen molar-refractivity contribution in [2.24, 2.45) is 10.1 Å². The third-order valence-electron chi connectivity index (χ3n) is 4.66. The summed E-state index contributed by atoms with van der Waals surface area (Å²) in [6.45, 7) is 7.53. The van der Waals surface area contributed by atoms with Gasteiger partial charge in [0.05, 0.1) is 22.5 Å². The topological polar surface area (TPSA) is 111 Å². The Labute approximate surface area is 160 Å². The Kier molecular flexibility index (Phi) is 5.75. The normalized spacial score (nSPS) is 18.8. The summed E-state index contributed by atoms with van der Waals surface area (Å²) in [5.74, 6) is -0.557. The lowest BCUT2D eigenvalue weighted by atomic mass is 9.78. The molecule has 1 saturated heterocycles. The number of hydrogen-bond acceptors (Lipinski definition) is 5. The van der Waals surface area contributed by atoms with Crippen molar-refractivity contribution in [3.05, 3.63) is 23.8 Å². The minimum Gasteiger partial charge on any atom is -0.399 e. The van der Waals surface area contributed by atoms with Crippen LogP contribution >= 0.6 is 0 Å². The van der Waals surface area contributed by atoms with Crippen molar-refractivity contribution in [3.8, 4) is 0 Å². The highest BCUT2D eigenvalue weighted by Crippen LogP contribution is 2.37. The molecule has 0 bridgehead atoms. The molecule has 0 aromatic heterocycles. The largest absolute Gasteiger partial charge is 0.496 e. The predicted molar refractivity (Wildman–Crippen MR) is 104 cm³/mol. The predicted octanol–water partition coefficient (Wildman–Crippen LogP) is 0.292. The van der Waals surface area contributed by atoms with E-state index in [2.05, 4.69) is 4.40 Å². The van der Waals surface area contributed by atoms with E-state index in [-0.39, 0.29) is 11.3 Å². The molecule has 1 aliphatic rings. The second-order valence-electron chi connectivity index (χ2n) is 7.76. The maximum Gasteiger partial charge on any atom is 0.496 e. The molecule has 10 heteroatoms. The van der Waals surface area contributed by atoms with Gasteiger partial charge < -0.3 is 19.9 Å². The van der Waals surface area contributed by atoms with Crippen LogP contribution in [0.25, 0.3) is 0 Å². The highest BCUT2D eigenvalue weighted by molar-refractivity contribution is 7.90. The van der Waals surface area contributed by atoms with Crippen LogP contribution in [0.3, 0.4) is 0 Å². The number of carbonyl (C=O) groups excluding carboxylic acids is 1. The first-order chi connectivity index (χ1) is 12.2. The summed E-state index contributed by atoms with van der Waals surface area (Å²) >= 11 is 0. The molecule has 2 N–H and O–H groups in total. The number of nitrogens with zero attached hydrogens (tertiary/aromatic N) is 2. The van der Waals surface area contributed by atoms with Crippen LogP contribution in [-0.4, -0.2) is 58.0 Å². The summed E-state index contributed by atoms with van der Waals surface area (Å²) in [5.41, 5.74) is 4.79. The maximum atomic E-state index is 12.8. The van der Waals surface area contributed by atoms with E-state index in [9.17, 15) is 13.2 Å². The van der Waals surface area contributed by atoms with Crippen LogP contribution in [0, 0.1) is 0 Å². The highest BCUT2D eigenvalue weighted by atomic mass is 32.2. The van der Waals surface area contributed by atoms with Crippen molar-refractivity contribution in [3.63, 3.8) is 0 Å². The minimum absolute atomic E-state index is 0.0714. The molecule has 0 radical (unpaired) electrons. The molecule has 1 heterocycles. The first-order valence-corrected chi connectivity index (χ1v) is 9.93. The molecule has 1 aliphatic heterocycles. The van der Waals surface area contributed by atoms with Crippen LogP contribution in [0.15, 0.2) is 27.5 Å². The van der Waals surface area contributed by atoms with Gasteiger partial charge in [0.15, 0.2) is 0 Å². The number of rotatable bonds is 6. The van der Waals surface area contributed by atoms with Gasteiger partial charge >= 0.3 is 7.12 Å². The molecule has 0 atom stereocenters. The Hall–Kier alpha value is -1.91. The van der Waals surface area contributed by atoms with E-state index in [4.69, 9.17) is 15.0 Å². The average Bonchev–Trinajstić information content (AvgIpc) is 2.73. The van der Waals surface area contributed by atoms with Gasteiger partial charge in [0.2, 0.25) is 5.91 Å². The average molecular weight is 395 g/mol. The van der Waals surface area contributed by atoms with Gasteiger partial charge in [-0.25, -0.2) is 0 Å². The number of carbonyl (C=O) groups is 1. The van der Waals surface area contributed by atoms with E-state index in [1.54, 1.807) is 26.2 Å². The van der Waals surface area contributed by atoms with Gasteiger partial charge in [0.25, 0.3) is 10.0 Å². The van der Waals surface area contributed by atoms with Gasteiger partial charge in [0, 0.05) is 19.6 Å². The zero-order valence-electron chi connectivity index (χ0n) is 16.5. The van der Waals surface area contributed by atoms with Gasteiger partial charge in [-0.3, -0.25) is 4.79 Å². The third-order valence-corrected chi connectivity index (χ3v) is 5.94. The molecule has 27 heavy (non-hydrogen) atoms. The zero-order valence-corrected chi connectivity index (χ0v) is 17.3. The summed E-state index contributed by atoms with van der Waals surface area (Å²) in [5, 5.41) is 0. The van der Waals surface area contributed by atoms with Gasteiger partial charge in [-0.1, -0.05) is 12.1 Å². The van der Waals surface area contributed by atoms with Crippen LogP contribution in [0.4, 0.5) is 0 Å². The first kappa shape index (κ1) is 21.4. The number of hydrogen-bond donors (Lipinski definition) is 1. The van der Waals surface area contributed by atoms with E-state index in [1.165, 1.54) is 17.3 Å². The molecule has 1 aromatic carbocycles. The molecule has 1 amide bonds. The molecule has 8 nitrogen and oxygen atoms in total. The number of benzene rings is 1. The van der Waals surface area contributed by atoms with Crippen molar-refractivity contribution in [2.45, 2.75) is 50.2 Å². The smallest absolute Gasteiger partial charge is 0.399 e. The van der Waals surface area contributed by atoms with E-state index < -0.39 is 34.3 Å². The summed E-state index contributed by atoms with van der Waals surface area (Å²) < 4.78 is 41.3. The SMILES string of the molecule is CN(C)C=NS(=O)(=O)c1cc(CC(N)=O)ccc1B1OC(C)(C)C(C)(C)O1. The van der Waals surface area contributed by atoms with Crippen molar-refractivity contribution in [2.75, 3.05) is 14.1 Å². The number of amides is 1.